The summed E-state index contributed by atoms with van der Waals surface area (Å²) in [6.45, 7) is 4.92. The number of anilines is 2. The number of thiocarbonyl (C=S) groups is 1. The Labute approximate surface area is 189 Å². The summed E-state index contributed by atoms with van der Waals surface area (Å²) in [5, 5.41) is 7.35. The number of carbonyl (C=O) groups is 1. The standard InChI is InChI=1S/C26H27N3OS/c1-18-8-6-11-21(16-18)25(20-9-4-3-5-10-20)28-26(31)27-22-13-14-23(19(2)17-22)29-15-7-12-24(29)30/h3-6,8-11,13-14,16-17,25H,7,12,15H2,1-2H3,(H2,27,28,31). The molecule has 0 bridgehead atoms. The average Bonchev–Trinajstić information content (AvgIpc) is 3.18. The zero-order chi connectivity index (χ0) is 21.8. The van der Waals surface area contributed by atoms with E-state index in [2.05, 4.69) is 54.0 Å². The molecule has 0 aliphatic carbocycles. The van der Waals surface area contributed by atoms with Crippen LogP contribution in [0.3, 0.4) is 0 Å². The molecule has 0 spiro atoms. The molecular formula is C26H27N3OS. The van der Waals surface area contributed by atoms with Gasteiger partial charge >= 0.3 is 0 Å². The summed E-state index contributed by atoms with van der Waals surface area (Å²) in [6.07, 6.45) is 1.55. The van der Waals surface area contributed by atoms with Crippen molar-refractivity contribution >= 4 is 34.6 Å². The van der Waals surface area contributed by atoms with Gasteiger partial charge in [-0.1, -0.05) is 60.2 Å². The topological polar surface area (TPSA) is 44.4 Å². The lowest BCUT2D eigenvalue weighted by Gasteiger charge is -2.23. The van der Waals surface area contributed by atoms with Gasteiger partial charge in [0.05, 0.1) is 6.04 Å². The summed E-state index contributed by atoms with van der Waals surface area (Å²) in [5.74, 6) is 0.199. The minimum atomic E-state index is -0.0521. The highest BCUT2D eigenvalue weighted by Crippen LogP contribution is 2.28. The quantitative estimate of drug-likeness (QED) is 0.525. The van der Waals surface area contributed by atoms with E-state index < -0.39 is 0 Å². The number of hydrogen-bond acceptors (Lipinski definition) is 2. The van der Waals surface area contributed by atoms with Crippen molar-refractivity contribution in [3.8, 4) is 0 Å². The van der Waals surface area contributed by atoms with Crippen LogP contribution in [-0.4, -0.2) is 17.6 Å². The van der Waals surface area contributed by atoms with Crippen molar-refractivity contribution in [3.05, 3.63) is 95.1 Å². The molecule has 1 saturated heterocycles. The first-order chi connectivity index (χ1) is 15.0. The van der Waals surface area contributed by atoms with Gasteiger partial charge in [0.15, 0.2) is 5.11 Å². The van der Waals surface area contributed by atoms with Gasteiger partial charge in [0.25, 0.3) is 0 Å². The van der Waals surface area contributed by atoms with Gasteiger partial charge in [-0.05, 0) is 67.4 Å². The fourth-order valence-corrected chi connectivity index (χ4v) is 4.33. The Balaban J connectivity index is 1.52. The number of rotatable bonds is 5. The maximum atomic E-state index is 12.1. The molecule has 4 rings (SSSR count). The first kappa shape index (κ1) is 21.1. The first-order valence-electron chi connectivity index (χ1n) is 10.6. The summed E-state index contributed by atoms with van der Waals surface area (Å²) in [4.78, 5) is 14.0. The van der Waals surface area contributed by atoms with Crippen molar-refractivity contribution in [1.29, 1.82) is 0 Å². The molecule has 1 amide bonds. The number of hydrogen-bond donors (Lipinski definition) is 2. The summed E-state index contributed by atoms with van der Waals surface area (Å²) < 4.78 is 0. The lowest BCUT2D eigenvalue weighted by atomic mass is 9.97. The van der Waals surface area contributed by atoms with Crippen LogP contribution in [0, 0.1) is 13.8 Å². The molecule has 5 heteroatoms. The third-order valence-corrected chi connectivity index (χ3v) is 5.82. The number of nitrogens with zero attached hydrogens (tertiary/aromatic N) is 1. The van der Waals surface area contributed by atoms with Gasteiger partial charge < -0.3 is 15.5 Å². The monoisotopic (exact) mass is 429 g/mol. The smallest absolute Gasteiger partial charge is 0.227 e. The molecule has 0 saturated carbocycles. The highest BCUT2D eigenvalue weighted by molar-refractivity contribution is 7.80. The minimum absolute atomic E-state index is 0.0521. The van der Waals surface area contributed by atoms with E-state index in [0.717, 1.165) is 41.0 Å². The Morgan fingerprint density at radius 1 is 0.968 bits per heavy atom. The lowest BCUT2D eigenvalue weighted by molar-refractivity contribution is -0.117. The second kappa shape index (κ2) is 9.31. The Morgan fingerprint density at radius 3 is 2.42 bits per heavy atom. The zero-order valence-electron chi connectivity index (χ0n) is 17.9. The van der Waals surface area contributed by atoms with Crippen LogP contribution in [0.2, 0.25) is 0 Å². The van der Waals surface area contributed by atoms with Gasteiger partial charge in [-0.15, -0.1) is 0 Å². The molecule has 1 fully saturated rings. The third-order valence-electron chi connectivity index (χ3n) is 5.60. The van der Waals surface area contributed by atoms with Crippen LogP contribution in [0.25, 0.3) is 0 Å². The van der Waals surface area contributed by atoms with Crippen LogP contribution in [0.1, 0.15) is 41.1 Å². The van der Waals surface area contributed by atoms with Crippen LogP contribution < -0.4 is 15.5 Å². The third kappa shape index (κ3) is 4.94. The summed E-state index contributed by atoms with van der Waals surface area (Å²) in [6, 6.07) is 24.7. The van der Waals surface area contributed by atoms with Crippen LogP contribution in [0.5, 0.6) is 0 Å². The molecule has 1 aliphatic heterocycles. The molecule has 0 aromatic heterocycles. The zero-order valence-corrected chi connectivity index (χ0v) is 18.7. The van der Waals surface area contributed by atoms with E-state index in [1.54, 1.807) is 0 Å². The second-order valence-corrected chi connectivity index (χ2v) is 8.41. The molecule has 4 nitrogen and oxygen atoms in total. The Bertz CT molecular complexity index is 1100. The summed E-state index contributed by atoms with van der Waals surface area (Å²) >= 11 is 5.66. The van der Waals surface area contributed by atoms with E-state index in [-0.39, 0.29) is 11.9 Å². The number of nitrogens with one attached hydrogen (secondary N) is 2. The lowest BCUT2D eigenvalue weighted by Crippen LogP contribution is -2.33. The Kier molecular flexibility index (Phi) is 6.33. The van der Waals surface area contributed by atoms with Gasteiger partial charge in [0.1, 0.15) is 0 Å². The molecule has 2 N–H and O–H groups in total. The molecule has 1 unspecified atom stereocenters. The van der Waals surface area contributed by atoms with Crippen molar-refractivity contribution in [1.82, 2.24) is 5.32 Å². The van der Waals surface area contributed by atoms with Crippen molar-refractivity contribution < 1.29 is 4.79 Å². The number of amides is 1. The van der Waals surface area contributed by atoms with Crippen LogP contribution in [0.15, 0.2) is 72.8 Å². The van der Waals surface area contributed by atoms with Crippen molar-refractivity contribution in [2.75, 3.05) is 16.8 Å². The fourth-order valence-electron chi connectivity index (χ4n) is 4.09. The van der Waals surface area contributed by atoms with Crippen LogP contribution in [0.4, 0.5) is 11.4 Å². The van der Waals surface area contributed by atoms with Crippen molar-refractivity contribution in [2.45, 2.75) is 32.7 Å². The predicted octanol–water partition coefficient (Wildman–Crippen LogP) is 5.51. The van der Waals surface area contributed by atoms with Crippen molar-refractivity contribution in [3.63, 3.8) is 0 Å². The van der Waals surface area contributed by atoms with Gasteiger partial charge in [-0.3, -0.25) is 4.79 Å². The molecule has 1 atom stereocenters. The second-order valence-electron chi connectivity index (χ2n) is 8.01. The Morgan fingerprint density at radius 2 is 1.74 bits per heavy atom. The maximum absolute atomic E-state index is 12.1. The largest absolute Gasteiger partial charge is 0.352 e. The molecule has 31 heavy (non-hydrogen) atoms. The van der Waals surface area contributed by atoms with Crippen molar-refractivity contribution in [2.24, 2.45) is 0 Å². The summed E-state index contributed by atoms with van der Waals surface area (Å²) in [7, 11) is 0. The molecule has 1 heterocycles. The molecule has 0 radical (unpaired) electrons. The van der Waals surface area contributed by atoms with Gasteiger partial charge in [0, 0.05) is 24.3 Å². The molecule has 3 aromatic carbocycles. The fraction of sp³-hybridized carbons (Fsp3) is 0.231. The Hall–Kier alpha value is -3.18. The van der Waals surface area contributed by atoms with Crippen LogP contribution in [-0.2, 0) is 4.79 Å². The normalized spacial score (nSPS) is 14.4. The van der Waals surface area contributed by atoms with E-state index in [9.17, 15) is 4.79 Å². The number of benzene rings is 3. The van der Waals surface area contributed by atoms with E-state index in [1.165, 1.54) is 5.56 Å². The van der Waals surface area contributed by atoms with E-state index >= 15 is 0 Å². The van der Waals surface area contributed by atoms with Gasteiger partial charge in [0.2, 0.25) is 5.91 Å². The molecular weight excluding hydrogens is 402 g/mol. The predicted molar refractivity (Wildman–Crippen MR) is 132 cm³/mol. The highest BCUT2D eigenvalue weighted by atomic mass is 32.1. The average molecular weight is 430 g/mol. The maximum Gasteiger partial charge on any atom is 0.227 e. The van der Waals surface area contributed by atoms with Crippen LogP contribution >= 0.6 is 12.2 Å². The van der Waals surface area contributed by atoms with E-state index in [0.29, 0.717) is 11.5 Å². The van der Waals surface area contributed by atoms with Gasteiger partial charge in [-0.25, -0.2) is 0 Å². The van der Waals surface area contributed by atoms with E-state index in [4.69, 9.17) is 12.2 Å². The number of aryl methyl sites for hydroxylation is 2. The molecule has 3 aromatic rings. The summed E-state index contributed by atoms with van der Waals surface area (Å²) in [5.41, 5.74) is 6.46. The van der Waals surface area contributed by atoms with E-state index in [1.807, 2.05) is 48.2 Å². The molecule has 1 aliphatic rings. The first-order valence-corrected chi connectivity index (χ1v) is 11.0. The number of carbonyl (C=O) groups excluding carboxylic acids is 1. The minimum Gasteiger partial charge on any atom is -0.352 e. The highest BCUT2D eigenvalue weighted by Gasteiger charge is 2.23. The molecule has 158 valence electrons. The SMILES string of the molecule is Cc1cccc(C(NC(=S)Nc2ccc(N3CCCC3=O)c(C)c2)c2ccccc2)c1. The van der Waals surface area contributed by atoms with Gasteiger partial charge in [-0.2, -0.15) is 0 Å².